The molecule has 0 fully saturated rings. The quantitative estimate of drug-likeness (QED) is 0.879. The van der Waals surface area contributed by atoms with Crippen molar-refractivity contribution in [1.29, 1.82) is 0 Å². The average molecular weight is 340 g/mol. The smallest absolute Gasteiger partial charge is 0.260 e. The van der Waals surface area contributed by atoms with Crippen LogP contribution in [0.25, 0.3) is 0 Å². The zero-order chi connectivity index (χ0) is 18.4. The van der Waals surface area contributed by atoms with E-state index < -0.39 is 0 Å². The van der Waals surface area contributed by atoms with Crippen LogP contribution in [0, 0.1) is 13.8 Å². The second-order valence-corrected chi connectivity index (χ2v) is 6.04. The van der Waals surface area contributed by atoms with E-state index in [9.17, 15) is 9.59 Å². The van der Waals surface area contributed by atoms with E-state index in [4.69, 9.17) is 4.74 Å². The van der Waals surface area contributed by atoms with Crippen LogP contribution in [0.3, 0.4) is 0 Å². The second kappa shape index (κ2) is 8.33. The molecule has 2 rings (SSSR count). The fourth-order valence-electron chi connectivity index (χ4n) is 2.54. The van der Waals surface area contributed by atoms with Gasteiger partial charge in [0, 0.05) is 26.2 Å². The summed E-state index contributed by atoms with van der Waals surface area (Å²) in [6.07, 6.45) is 0. The van der Waals surface area contributed by atoms with Crippen LogP contribution in [0.5, 0.6) is 5.75 Å². The van der Waals surface area contributed by atoms with Crippen LogP contribution < -0.4 is 10.1 Å². The molecule has 0 unspecified atom stereocenters. The Labute approximate surface area is 148 Å². The van der Waals surface area contributed by atoms with Crippen molar-refractivity contribution < 1.29 is 14.3 Å². The molecule has 0 heterocycles. The molecule has 0 radical (unpaired) electrons. The molecule has 0 atom stereocenters. The molecular weight excluding hydrogens is 316 g/mol. The van der Waals surface area contributed by atoms with Crippen molar-refractivity contribution in [1.82, 2.24) is 10.2 Å². The molecule has 25 heavy (non-hydrogen) atoms. The lowest BCUT2D eigenvalue weighted by atomic mass is 10.1. The summed E-state index contributed by atoms with van der Waals surface area (Å²) in [6, 6.07) is 13.1. The van der Waals surface area contributed by atoms with E-state index in [2.05, 4.69) is 5.32 Å². The van der Waals surface area contributed by atoms with Gasteiger partial charge in [-0.05, 0) is 42.7 Å². The number of benzene rings is 2. The van der Waals surface area contributed by atoms with E-state index in [1.807, 2.05) is 44.2 Å². The number of nitrogens with one attached hydrogen (secondary N) is 1. The Hall–Kier alpha value is -2.82. The van der Waals surface area contributed by atoms with Crippen molar-refractivity contribution in [2.45, 2.75) is 20.4 Å². The Kier molecular flexibility index (Phi) is 6.17. The van der Waals surface area contributed by atoms with Gasteiger partial charge in [-0.3, -0.25) is 9.59 Å². The minimum atomic E-state index is -0.127. The molecule has 1 N–H and O–H groups in total. The molecule has 2 aromatic rings. The third-order valence-electron chi connectivity index (χ3n) is 4.04. The van der Waals surface area contributed by atoms with Crippen LogP contribution in [0.1, 0.15) is 27.0 Å². The van der Waals surface area contributed by atoms with Gasteiger partial charge < -0.3 is 15.0 Å². The standard InChI is InChI=1S/C20H24N2O3/c1-14-6-5-7-15(2)19(14)25-13-18(23)22(4)12-16-8-10-17(11-9-16)20(24)21-3/h5-11H,12-13H2,1-4H3,(H,21,24). The number of para-hydroxylation sites is 1. The highest BCUT2D eigenvalue weighted by Crippen LogP contribution is 2.22. The maximum Gasteiger partial charge on any atom is 0.260 e. The van der Waals surface area contributed by atoms with Crippen molar-refractivity contribution in [2.75, 3.05) is 20.7 Å². The van der Waals surface area contributed by atoms with E-state index in [1.165, 1.54) is 0 Å². The highest BCUT2D eigenvalue weighted by atomic mass is 16.5. The summed E-state index contributed by atoms with van der Waals surface area (Å²) in [7, 11) is 3.34. The van der Waals surface area contributed by atoms with Crippen molar-refractivity contribution in [3.63, 3.8) is 0 Å². The van der Waals surface area contributed by atoms with Gasteiger partial charge in [-0.25, -0.2) is 0 Å². The summed E-state index contributed by atoms with van der Waals surface area (Å²) in [4.78, 5) is 25.5. The van der Waals surface area contributed by atoms with Crippen LogP contribution in [0.2, 0.25) is 0 Å². The van der Waals surface area contributed by atoms with E-state index >= 15 is 0 Å². The van der Waals surface area contributed by atoms with Crippen LogP contribution in [0.4, 0.5) is 0 Å². The molecule has 0 bridgehead atoms. The number of rotatable bonds is 6. The summed E-state index contributed by atoms with van der Waals surface area (Å²) in [6.45, 7) is 4.39. The van der Waals surface area contributed by atoms with Gasteiger partial charge in [-0.2, -0.15) is 0 Å². The number of hydrogen-bond acceptors (Lipinski definition) is 3. The predicted molar refractivity (Wildman–Crippen MR) is 97.7 cm³/mol. The Morgan fingerprint density at radius 3 is 2.20 bits per heavy atom. The zero-order valence-corrected chi connectivity index (χ0v) is 15.1. The number of nitrogens with zero attached hydrogens (tertiary/aromatic N) is 1. The Morgan fingerprint density at radius 2 is 1.64 bits per heavy atom. The third-order valence-corrected chi connectivity index (χ3v) is 4.04. The fourth-order valence-corrected chi connectivity index (χ4v) is 2.54. The first-order valence-electron chi connectivity index (χ1n) is 8.16. The Bertz CT molecular complexity index is 734. The molecule has 5 heteroatoms. The molecule has 0 aromatic heterocycles. The molecule has 0 aliphatic carbocycles. The van der Waals surface area contributed by atoms with Crippen LogP contribution in [-0.4, -0.2) is 37.4 Å². The lowest BCUT2D eigenvalue weighted by Gasteiger charge is -2.19. The molecule has 132 valence electrons. The lowest BCUT2D eigenvalue weighted by Crippen LogP contribution is -2.31. The number of hydrogen-bond donors (Lipinski definition) is 1. The second-order valence-electron chi connectivity index (χ2n) is 6.04. The number of ether oxygens (including phenoxy) is 1. The molecule has 0 aliphatic heterocycles. The SMILES string of the molecule is CNC(=O)c1ccc(CN(C)C(=O)COc2c(C)cccc2C)cc1. The van der Waals surface area contributed by atoms with Crippen molar-refractivity contribution >= 4 is 11.8 Å². The molecule has 5 nitrogen and oxygen atoms in total. The minimum absolute atomic E-state index is 0.00147. The van der Waals surface area contributed by atoms with Gasteiger partial charge in [0.05, 0.1) is 0 Å². The van der Waals surface area contributed by atoms with Gasteiger partial charge in [0.25, 0.3) is 11.8 Å². The van der Waals surface area contributed by atoms with Crippen molar-refractivity contribution in [2.24, 2.45) is 0 Å². The summed E-state index contributed by atoms with van der Waals surface area (Å²) < 4.78 is 5.71. The molecule has 2 aromatic carbocycles. The van der Waals surface area contributed by atoms with Crippen LogP contribution in [0.15, 0.2) is 42.5 Å². The molecule has 0 aliphatic rings. The Balaban J connectivity index is 1.93. The normalized spacial score (nSPS) is 10.2. The topological polar surface area (TPSA) is 58.6 Å². The fraction of sp³-hybridized carbons (Fsp3) is 0.300. The first-order valence-corrected chi connectivity index (χ1v) is 8.16. The summed E-state index contributed by atoms with van der Waals surface area (Å²) >= 11 is 0. The van der Waals surface area contributed by atoms with Gasteiger partial charge in [0.15, 0.2) is 6.61 Å². The van der Waals surface area contributed by atoms with Crippen molar-refractivity contribution in [3.8, 4) is 5.75 Å². The first-order chi connectivity index (χ1) is 11.9. The monoisotopic (exact) mass is 340 g/mol. The van der Waals surface area contributed by atoms with Gasteiger partial charge in [0.1, 0.15) is 5.75 Å². The number of aryl methyl sites for hydroxylation is 2. The van der Waals surface area contributed by atoms with Gasteiger partial charge in [-0.1, -0.05) is 30.3 Å². The number of amides is 2. The molecule has 0 saturated heterocycles. The molecule has 0 spiro atoms. The highest BCUT2D eigenvalue weighted by Gasteiger charge is 2.12. The minimum Gasteiger partial charge on any atom is -0.483 e. The summed E-state index contributed by atoms with van der Waals surface area (Å²) in [5.41, 5.74) is 3.58. The lowest BCUT2D eigenvalue weighted by molar-refractivity contribution is -0.132. The van der Waals surface area contributed by atoms with Gasteiger partial charge in [-0.15, -0.1) is 0 Å². The highest BCUT2D eigenvalue weighted by molar-refractivity contribution is 5.93. The summed E-state index contributed by atoms with van der Waals surface area (Å²) in [5, 5.41) is 2.58. The van der Waals surface area contributed by atoms with E-state index in [0.717, 1.165) is 22.4 Å². The van der Waals surface area contributed by atoms with E-state index in [-0.39, 0.29) is 18.4 Å². The Morgan fingerprint density at radius 1 is 1.04 bits per heavy atom. The zero-order valence-electron chi connectivity index (χ0n) is 15.1. The maximum absolute atomic E-state index is 12.3. The van der Waals surface area contributed by atoms with E-state index in [1.54, 1.807) is 31.1 Å². The number of likely N-dealkylation sites (N-methyl/N-ethyl adjacent to an activating group) is 1. The number of carbonyl (C=O) groups excluding carboxylic acids is 2. The largest absolute Gasteiger partial charge is 0.483 e. The molecule has 0 saturated carbocycles. The third kappa shape index (κ3) is 4.83. The summed E-state index contributed by atoms with van der Waals surface area (Å²) in [5.74, 6) is 0.537. The predicted octanol–water partition coefficient (Wildman–Crippen LogP) is 2.70. The molecular formula is C20H24N2O3. The van der Waals surface area contributed by atoms with Gasteiger partial charge in [0.2, 0.25) is 0 Å². The average Bonchev–Trinajstić information content (AvgIpc) is 2.61. The van der Waals surface area contributed by atoms with E-state index in [0.29, 0.717) is 12.1 Å². The molecule has 2 amide bonds. The van der Waals surface area contributed by atoms with Crippen LogP contribution in [-0.2, 0) is 11.3 Å². The first kappa shape index (κ1) is 18.5. The number of carbonyl (C=O) groups is 2. The van der Waals surface area contributed by atoms with Crippen molar-refractivity contribution in [3.05, 3.63) is 64.7 Å². The van der Waals surface area contributed by atoms with Gasteiger partial charge >= 0.3 is 0 Å². The van der Waals surface area contributed by atoms with Crippen LogP contribution >= 0.6 is 0 Å². The maximum atomic E-state index is 12.3.